The van der Waals surface area contributed by atoms with E-state index in [9.17, 15) is 0 Å². The molecule has 1 unspecified atom stereocenters. The molecule has 2 bridgehead atoms. The highest BCUT2D eigenvalue weighted by Crippen LogP contribution is 2.30. The molecule has 4 N–H and O–H groups in total. The van der Waals surface area contributed by atoms with Crippen LogP contribution in [0.2, 0.25) is 0 Å². The normalized spacial score (nSPS) is 28.8. The molecule has 3 saturated heterocycles. The van der Waals surface area contributed by atoms with Crippen molar-refractivity contribution in [3.63, 3.8) is 0 Å². The van der Waals surface area contributed by atoms with Crippen LogP contribution in [0.3, 0.4) is 0 Å². The monoisotopic (exact) mass is 273 g/mol. The van der Waals surface area contributed by atoms with Crippen LogP contribution in [0.1, 0.15) is 12.8 Å². The Morgan fingerprint density at radius 3 is 2.85 bits per heavy atom. The van der Waals surface area contributed by atoms with Crippen molar-refractivity contribution in [2.45, 2.75) is 18.9 Å². The molecule has 0 aromatic carbocycles. The predicted molar refractivity (Wildman–Crippen MR) is 77.4 cm³/mol. The summed E-state index contributed by atoms with van der Waals surface area (Å²) >= 11 is 0. The first-order valence-electron chi connectivity index (χ1n) is 7.13. The highest BCUT2D eigenvalue weighted by atomic mass is 15.3. The molecule has 106 valence electrons. The largest absolute Gasteiger partial charge is 0.363 e. The fraction of sp³-hybridized carbons (Fsp3) is 0.538. The maximum Gasteiger partial charge on any atom is 0.180 e. The highest BCUT2D eigenvalue weighted by molar-refractivity contribution is 5.65. The minimum atomic E-state index is 0.457. The molecule has 0 saturated carbocycles. The van der Waals surface area contributed by atoms with Gasteiger partial charge in [0.05, 0.1) is 6.20 Å². The van der Waals surface area contributed by atoms with Crippen molar-refractivity contribution in [1.82, 2.24) is 19.3 Å². The van der Waals surface area contributed by atoms with Crippen LogP contribution < -0.4 is 16.6 Å². The first kappa shape index (κ1) is 11.9. The van der Waals surface area contributed by atoms with Gasteiger partial charge in [-0.25, -0.2) is 15.8 Å². The first-order chi connectivity index (χ1) is 9.83. The van der Waals surface area contributed by atoms with E-state index in [1.807, 2.05) is 16.8 Å². The molecule has 1 atom stereocenters. The van der Waals surface area contributed by atoms with E-state index < -0.39 is 0 Å². The Hall–Kier alpha value is -1.86. The SMILES string of the molecule is NNc1cn2ccnc2c(NC2CN3CCC2CC3)n1. The summed E-state index contributed by atoms with van der Waals surface area (Å²) in [5.41, 5.74) is 3.46. The topological polar surface area (TPSA) is 83.5 Å². The second-order valence-electron chi connectivity index (χ2n) is 5.67. The molecule has 3 fully saturated rings. The minimum Gasteiger partial charge on any atom is -0.363 e. The zero-order valence-corrected chi connectivity index (χ0v) is 11.3. The molecule has 0 spiro atoms. The molecular weight excluding hydrogens is 254 g/mol. The number of anilines is 2. The summed E-state index contributed by atoms with van der Waals surface area (Å²) in [6.07, 6.45) is 8.07. The van der Waals surface area contributed by atoms with E-state index in [4.69, 9.17) is 5.84 Å². The average molecular weight is 273 g/mol. The minimum absolute atomic E-state index is 0.457. The molecule has 3 aliphatic heterocycles. The quantitative estimate of drug-likeness (QED) is 0.558. The lowest BCUT2D eigenvalue weighted by atomic mass is 9.84. The van der Waals surface area contributed by atoms with E-state index in [-0.39, 0.29) is 0 Å². The molecule has 2 aromatic rings. The number of hydrazine groups is 1. The third-order valence-corrected chi connectivity index (χ3v) is 4.50. The smallest absolute Gasteiger partial charge is 0.180 e. The molecule has 5 rings (SSSR count). The molecule has 0 amide bonds. The Morgan fingerprint density at radius 1 is 1.30 bits per heavy atom. The number of hydrogen-bond acceptors (Lipinski definition) is 6. The molecule has 0 aliphatic carbocycles. The van der Waals surface area contributed by atoms with Crippen molar-refractivity contribution in [2.75, 3.05) is 30.4 Å². The maximum absolute atomic E-state index is 5.49. The Labute approximate surface area is 117 Å². The zero-order chi connectivity index (χ0) is 13.5. The van der Waals surface area contributed by atoms with Crippen molar-refractivity contribution in [1.29, 1.82) is 0 Å². The van der Waals surface area contributed by atoms with Crippen LogP contribution >= 0.6 is 0 Å². The molecule has 3 aliphatic rings. The summed E-state index contributed by atoms with van der Waals surface area (Å²) in [6.45, 7) is 3.57. The fourth-order valence-corrected chi connectivity index (χ4v) is 3.40. The van der Waals surface area contributed by atoms with E-state index in [0.717, 1.165) is 23.9 Å². The Bertz CT molecular complexity index is 614. The number of rotatable bonds is 3. The maximum atomic E-state index is 5.49. The summed E-state index contributed by atoms with van der Waals surface area (Å²) in [5.74, 6) is 7.68. The number of hydrogen-bond donors (Lipinski definition) is 3. The molecule has 0 radical (unpaired) electrons. The summed E-state index contributed by atoms with van der Waals surface area (Å²) < 4.78 is 1.94. The van der Waals surface area contributed by atoms with Crippen LogP contribution in [0.5, 0.6) is 0 Å². The second kappa shape index (κ2) is 4.60. The molecule has 5 heterocycles. The van der Waals surface area contributed by atoms with Crippen LogP contribution in [0.15, 0.2) is 18.6 Å². The molecule has 20 heavy (non-hydrogen) atoms. The van der Waals surface area contributed by atoms with Gasteiger partial charge in [0.1, 0.15) is 0 Å². The van der Waals surface area contributed by atoms with Gasteiger partial charge in [0.25, 0.3) is 0 Å². The third kappa shape index (κ3) is 1.90. The van der Waals surface area contributed by atoms with Crippen molar-refractivity contribution >= 4 is 17.3 Å². The lowest BCUT2D eigenvalue weighted by molar-refractivity contribution is 0.0974. The van der Waals surface area contributed by atoms with Gasteiger partial charge in [-0.15, -0.1) is 0 Å². The first-order valence-corrected chi connectivity index (χ1v) is 7.13. The number of nitrogens with zero attached hydrogens (tertiary/aromatic N) is 4. The fourth-order valence-electron chi connectivity index (χ4n) is 3.40. The average Bonchev–Trinajstić information content (AvgIpc) is 2.97. The summed E-state index contributed by atoms with van der Waals surface area (Å²) in [4.78, 5) is 11.4. The van der Waals surface area contributed by atoms with Crippen LogP contribution in [0.25, 0.3) is 5.65 Å². The number of imidazole rings is 1. The summed E-state index contributed by atoms with van der Waals surface area (Å²) in [7, 11) is 0. The van der Waals surface area contributed by atoms with E-state index in [0.29, 0.717) is 11.9 Å². The number of aromatic nitrogens is 3. The van der Waals surface area contributed by atoms with Gasteiger partial charge in [-0.2, -0.15) is 0 Å². The number of nitrogens with one attached hydrogen (secondary N) is 2. The highest BCUT2D eigenvalue weighted by Gasteiger charge is 2.34. The van der Waals surface area contributed by atoms with Crippen LogP contribution in [-0.4, -0.2) is 44.9 Å². The van der Waals surface area contributed by atoms with Crippen LogP contribution in [0, 0.1) is 5.92 Å². The van der Waals surface area contributed by atoms with Crippen molar-refractivity contribution in [3.8, 4) is 0 Å². The second-order valence-corrected chi connectivity index (χ2v) is 5.67. The van der Waals surface area contributed by atoms with Crippen molar-refractivity contribution < 1.29 is 0 Å². The number of fused-ring (bicyclic) bond motifs is 4. The molecule has 7 heteroatoms. The Balaban J connectivity index is 1.66. The number of piperidine rings is 3. The standard InChI is InChI=1S/C13H19N7/c14-18-11-8-20-6-3-15-13(20)12(17-11)16-10-7-19-4-1-9(10)2-5-19/h3,6,8-10,18H,1-2,4-5,7,14H2,(H,16,17). The van der Waals surface area contributed by atoms with E-state index in [2.05, 4.69) is 25.6 Å². The van der Waals surface area contributed by atoms with Crippen LogP contribution in [-0.2, 0) is 0 Å². The van der Waals surface area contributed by atoms with Crippen molar-refractivity contribution in [2.24, 2.45) is 11.8 Å². The van der Waals surface area contributed by atoms with Crippen LogP contribution in [0.4, 0.5) is 11.6 Å². The van der Waals surface area contributed by atoms with Crippen molar-refractivity contribution in [3.05, 3.63) is 18.6 Å². The van der Waals surface area contributed by atoms with Gasteiger partial charge in [-0.05, 0) is 31.8 Å². The molecular formula is C13H19N7. The predicted octanol–water partition coefficient (Wildman–Crippen LogP) is 0.521. The summed E-state index contributed by atoms with van der Waals surface area (Å²) in [6, 6.07) is 0.457. The van der Waals surface area contributed by atoms with Gasteiger partial charge in [-0.3, -0.25) is 0 Å². The van der Waals surface area contributed by atoms with Gasteiger partial charge >= 0.3 is 0 Å². The Morgan fingerprint density at radius 2 is 2.15 bits per heavy atom. The Kier molecular flexibility index (Phi) is 2.75. The van der Waals surface area contributed by atoms with Gasteiger partial charge < -0.3 is 20.0 Å². The number of nitrogen functional groups attached to an aromatic ring is 1. The van der Waals surface area contributed by atoms with Gasteiger partial charge in [0.15, 0.2) is 17.3 Å². The van der Waals surface area contributed by atoms with E-state index in [1.54, 1.807) is 6.20 Å². The summed E-state index contributed by atoms with van der Waals surface area (Å²) in [5, 5.41) is 3.58. The van der Waals surface area contributed by atoms with Gasteiger partial charge in [0.2, 0.25) is 0 Å². The molecule has 2 aromatic heterocycles. The zero-order valence-electron chi connectivity index (χ0n) is 11.3. The van der Waals surface area contributed by atoms with E-state index in [1.165, 1.54) is 25.9 Å². The number of nitrogens with two attached hydrogens (primary N) is 1. The van der Waals surface area contributed by atoms with Gasteiger partial charge in [0, 0.05) is 25.0 Å². The molecule has 7 nitrogen and oxygen atoms in total. The lowest BCUT2D eigenvalue weighted by Crippen LogP contribution is -2.53. The third-order valence-electron chi connectivity index (χ3n) is 4.50. The van der Waals surface area contributed by atoms with E-state index >= 15 is 0 Å². The lowest BCUT2D eigenvalue weighted by Gasteiger charge is -2.45. The van der Waals surface area contributed by atoms with Gasteiger partial charge in [-0.1, -0.05) is 0 Å².